The van der Waals surface area contributed by atoms with E-state index in [4.69, 9.17) is 5.11 Å². The van der Waals surface area contributed by atoms with E-state index in [2.05, 4.69) is 0 Å². The maximum Gasteiger partial charge on any atom is 0.148 e. The Morgan fingerprint density at radius 2 is 1.80 bits per heavy atom. The highest BCUT2D eigenvalue weighted by Gasteiger charge is 2.39. The van der Waals surface area contributed by atoms with Crippen LogP contribution in [-0.2, 0) is 22.2 Å². The Bertz CT molecular complexity index is 531. The van der Waals surface area contributed by atoms with Crippen molar-refractivity contribution in [2.75, 3.05) is 17.8 Å². The lowest BCUT2D eigenvalue weighted by atomic mass is 9.72. The molecule has 1 saturated carbocycles. The third kappa shape index (κ3) is 4.50. The summed E-state index contributed by atoms with van der Waals surface area (Å²) in [7, 11) is -2.89. The maximum absolute atomic E-state index is 11.5. The van der Waals surface area contributed by atoms with E-state index in [1.807, 2.05) is 36.0 Å². The SMILES string of the molecule is CS(=O)(=O)CC1(CSCc2ccc(CO)cc2)CCC1. The topological polar surface area (TPSA) is 54.4 Å². The van der Waals surface area contributed by atoms with Crippen molar-refractivity contribution in [1.82, 2.24) is 0 Å². The highest BCUT2D eigenvalue weighted by atomic mass is 32.2. The van der Waals surface area contributed by atoms with Crippen LogP contribution < -0.4 is 0 Å². The van der Waals surface area contributed by atoms with Gasteiger partial charge >= 0.3 is 0 Å². The number of aliphatic hydroxyl groups is 1. The lowest BCUT2D eigenvalue weighted by Crippen LogP contribution is -2.38. The molecule has 0 aromatic heterocycles. The summed E-state index contributed by atoms with van der Waals surface area (Å²) in [5.74, 6) is 2.15. The van der Waals surface area contributed by atoms with Crippen LogP contribution in [-0.4, -0.2) is 31.3 Å². The number of sulfone groups is 1. The van der Waals surface area contributed by atoms with Gasteiger partial charge in [0.1, 0.15) is 9.84 Å². The molecule has 0 saturated heterocycles. The van der Waals surface area contributed by atoms with E-state index in [9.17, 15) is 8.42 Å². The zero-order chi connectivity index (χ0) is 14.6. The largest absolute Gasteiger partial charge is 0.392 e. The number of rotatable bonds is 7. The molecule has 0 radical (unpaired) electrons. The molecule has 1 aromatic carbocycles. The minimum Gasteiger partial charge on any atom is -0.392 e. The molecule has 20 heavy (non-hydrogen) atoms. The summed E-state index contributed by atoms with van der Waals surface area (Å²) < 4.78 is 23.0. The van der Waals surface area contributed by atoms with Gasteiger partial charge in [-0.1, -0.05) is 30.7 Å². The Balaban J connectivity index is 1.84. The van der Waals surface area contributed by atoms with Gasteiger partial charge in [0.15, 0.2) is 0 Å². The van der Waals surface area contributed by atoms with Crippen molar-refractivity contribution in [3.05, 3.63) is 35.4 Å². The summed E-state index contributed by atoms with van der Waals surface area (Å²) in [6.07, 6.45) is 4.57. The number of aliphatic hydroxyl groups excluding tert-OH is 1. The second-order valence-corrected chi connectivity index (χ2v) is 9.02. The molecule has 0 atom stereocenters. The second kappa shape index (κ2) is 6.50. The monoisotopic (exact) mass is 314 g/mol. The van der Waals surface area contributed by atoms with Crippen LogP contribution in [0.25, 0.3) is 0 Å². The van der Waals surface area contributed by atoms with E-state index in [1.54, 1.807) is 0 Å². The van der Waals surface area contributed by atoms with Crippen molar-refractivity contribution in [1.29, 1.82) is 0 Å². The van der Waals surface area contributed by atoms with E-state index >= 15 is 0 Å². The quantitative estimate of drug-likeness (QED) is 0.840. The van der Waals surface area contributed by atoms with Gasteiger partial charge in [-0.3, -0.25) is 0 Å². The van der Waals surface area contributed by atoms with Gasteiger partial charge < -0.3 is 5.11 Å². The third-order valence-electron chi connectivity index (χ3n) is 3.87. The number of benzene rings is 1. The van der Waals surface area contributed by atoms with E-state index < -0.39 is 9.84 Å². The number of thioether (sulfide) groups is 1. The summed E-state index contributed by atoms with van der Waals surface area (Å²) in [6, 6.07) is 7.93. The summed E-state index contributed by atoms with van der Waals surface area (Å²) >= 11 is 1.82. The van der Waals surface area contributed by atoms with Gasteiger partial charge in [-0.15, -0.1) is 0 Å². The predicted molar refractivity (Wildman–Crippen MR) is 84.5 cm³/mol. The molecule has 5 heteroatoms. The zero-order valence-electron chi connectivity index (χ0n) is 11.8. The van der Waals surface area contributed by atoms with Crippen LogP contribution >= 0.6 is 11.8 Å². The standard InChI is InChI=1S/C15H22O3S2/c1-20(17,18)12-15(7-2-8-15)11-19-10-14-5-3-13(9-16)4-6-14/h3-6,16H,2,7-12H2,1H3. The van der Waals surface area contributed by atoms with E-state index in [1.165, 1.54) is 11.8 Å². The van der Waals surface area contributed by atoms with E-state index in [-0.39, 0.29) is 12.0 Å². The molecule has 2 rings (SSSR count). The summed E-state index contributed by atoms with van der Waals surface area (Å²) in [4.78, 5) is 0. The van der Waals surface area contributed by atoms with Crippen LogP contribution in [0.5, 0.6) is 0 Å². The Hall–Kier alpha value is -0.520. The molecule has 1 N–H and O–H groups in total. The number of hydrogen-bond donors (Lipinski definition) is 1. The number of hydrogen-bond acceptors (Lipinski definition) is 4. The molecule has 112 valence electrons. The Kier molecular flexibility index (Phi) is 5.15. The molecule has 1 aliphatic carbocycles. The Morgan fingerprint density at radius 3 is 2.25 bits per heavy atom. The minimum absolute atomic E-state index is 0.0172. The highest BCUT2D eigenvalue weighted by Crippen LogP contribution is 2.44. The van der Waals surface area contributed by atoms with Gasteiger partial charge in [0.05, 0.1) is 12.4 Å². The maximum atomic E-state index is 11.5. The van der Waals surface area contributed by atoms with E-state index in [0.717, 1.165) is 36.3 Å². The van der Waals surface area contributed by atoms with Gasteiger partial charge in [0.25, 0.3) is 0 Å². The first kappa shape index (κ1) is 15.9. The van der Waals surface area contributed by atoms with Crippen LogP contribution in [0, 0.1) is 5.41 Å². The molecular formula is C15H22O3S2. The van der Waals surface area contributed by atoms with Crippen molar-refractivity contribution < 1.29 is 13.5 Å². The predicted octanol–water partition coefficient (Wildman–Crippen LogP) is 2.63. The lowest BCUT2D eigenvalue weighted by molar-refractivity contribution is 0.201. The van der Waals surface area contributed by atoms with Crippen molar-refractivity contribution in [3.8, 4) is 0 Å². The van der Waals surface area contributed by atoms with Crippen LogP contribution in [0.15, 0.2) is 24.3 Å². The van der Waals surface area contributed by atoms with Crippen molar-refractivity contribution in [3.63, 3.8) is 0 Å². The fraction of sp³-hybridized carbons (Fsp3) is 0.600. The molecule has 3 nitrogen and oxygen atoms in total. The molecule has 1 aromatic rings. The average molecular weight is 314 g/mol. The summed E-state index contributed by atoms with van der Waals surface area (Å²) in [6.45, 7) is 0.0743. The minimum atomic E-state index is -2.89. The molecule has 0 aliphatic heterocycles. The molecule has 0 spiro atoms. The smallest absolute Gasteiger partial charge is 0.148 e. The molecule has 1 aliphatic rings. The van der Waals surface area contributed by atoms with Crippen molar-refractivity contribution in [2.45, 2.75) is 31.6 Å². The highest BCUT2D eigenvalue weighted by molar-refractivity contribution is 7.98. The zero-order valence-corrected chi connectivity index (χ0v) is 13.5. The molecule has 1 fully saturated rings. The average Bonchev–Trinajstić information content (AvgIpc) is 2.35. The molecule has 0 heterocycles. The first-order valence-corrected chi connectivity index (χ1v) is 10.1. The van der Waals surface area contributed by atoms with Gasteiger partial charge in [-0.2, -0.15) is 11.8 Å². The van der Waals surface area contributed by atoms with Crippen LogP contribution in [0.3, 0.4) is 0 Å². The van der Waals surface area contributed by atoms with Crippen LogP contribution in [0.4, 0.5) is 0 Å². The summed E-state index contributed by atoms with van der Waals surface area (Å²) in [5, 5.41) is 9.00. The molecule has 0 bridgehead atoms. The van der Waals surface area contributed by atoms with Gasteiger partial charge in [-0.25, -0.2) is 8.42 Å². The summed E-state index contributed by atoms with van der Waals surface area (Å²) in [5.41, 5.74) is 2.16. The normalized spacial score (nSPS) is 17.7. The van der Waals surface area contributed by atoms with Gasteiger partial charge in [-0.05, 0) is 29.4 Å². The second-order valence-electron chi connectivity index (χ2n) is 5.89. The molecule has 0 unspecified atom stereocenters. The van der Waals surface area contributed by atoms with Gasteiger partial charge in [0, 0.05) is 17.8 Å². The molecule has 0 amide bonds. The Labute approximate surface area is 125 Å². The van der Waals surface area contributed by atoms with Crippen LogP contribution in [0.2, 0.25) is 0 Å². The Morgan fingerprint density at radius 1 is 1.20 bits per heavy atom. The third-order valence-corrected chi connectivity index (χ3v) is 6.36. The fourth-order valence-electron chi connectivity index (χ4n) is 2.69. The van der Waals surface area contributed by atoms with Gasteiger partial charge in [0.2, 0.25) is 0 Å². The first-order valence-electron chi connectivity index (χ1n) is 6.87. The first-order chi connectivity index (χ1) is 9.42. The van der Waals surface area contributed by atoms with E-state index in [0.29, 0.717) is 5.75 Å². The fourth-order valence-corrected chi connectivity index (χ4v) is 5.68. The van der Waals surface area contributed by atoms with Crippen molar-refractivity contribution >= 4 is 21.6 Å². The molecular weight excluding hydrogens is 292 g/mol. The lowest BCUT2D eigenvalue weighted by Gasteiger charge is -2.41. The van der Waals surface area contributed by atoms with Crippen molar-refractivity contribution in [2.24, 2.45) is 5.41 Å². The van der Waals surface area contributed by atoms with Crippen LogP contribution in [0.1, 0.15) is 30.4 Å².